The molecule has 0 unspecified atom stereocenters. The van der Waals surface area contributed by atoms with E-state index in [9.17, 15) is 4.79 Å². The molecule has 1 aliphatic carbocycles. The maximum Gasteiger partial charge on any atom is 0.348 e. The molecule has 0 aliphatic heterocycles. The zero-order valence-electron chi connectivity index (χ0n) is 12.5. The molecule has 0 amide bonds. The highest BCUT2D eigenvalue weighted by Crippen LogP contribution is 2.30. The lowest BCUT2D eigenvalue weighted by Crippen LogP contribution is -2.27. The number of aromatic nitrogens is 2. The zero-order chi connectivity index (χ0) is 15.4. The number of nitrogens with zero attached hydrogens (tertiary/aromatic N) is 2. The van der Waals surface area contributed by atoms with Crippen LogP contribution in [-0.2, 0) is 25.1 Å². The van der Waals surface area contributed by atoms with Gasteiger partial charge in [-0.2, -0.15) is 4.98 Å². The fraction of sp³-hybridized carbons (Fsp3) is 0.412. The third-order valence-electron chi connectivity index (χ3n) is 3.96. The largest absolute Gasteiger partial charge is 0.396 e. The summed E-state index contributed by atoms with van der Waals surface area (Å²) in [6, 6.07) is 10.2. The van der Waals surface area contributed by atoms with Crippen LogP contribution in [0.4, 0.5) is 0 Å². The first-order chi connectivity index (χ1) is 10.8. The maximum atomic E-state index is 12.3. The van der Waals surface area contributed by atoms with Gasteiger partial charge in [0.15, 0.2) is 0 Å². The summed E-state index contributed by atoms with van der Waals surface area (Å²) >= 11 is 1.65. The summed E-state index contributed by atoms with van der Waals surface area (Å²) in [7, 11) is 0. The van der Waals surface area contributed by atoms with Gasteiger partial charge in [0.05, 0.1) is 0 Å². The van der Waals surface area contributed by atoms with Gasteiger partial charge < -0.3 is 5.11 Å². The Balaban J connectivity index is 1.85. The summed E-state index contributed by atoms with van der Waals surface area (Å²) in [6.45, 7) is 0.667. The number of hydrogen-bond donors (Lipinski definition) is 1. The molecule has 0 fully saturated rings. The maximum absolute atomic E-state index is 12.3. The number of fused-ring (bicyclic) bond motifs is 1. The van der Waals surface area contributed by atoms with Crippen molar-refractivity contribution in [3.63, 3.8) is 0 Å². The van der Waals surface area contributed by atoms with E-state index in [0.717, 1.165) is 35.7 Å². The number of rotatable bonds is 6. The smallest absolute Gasteiger partial charge is 0.348 e. The Hall–Kier alpha value is -1.59. The average Bonchev–Trinajstić information content (AvgIpc) is 3.02. The molecule has 0 atom stereocenters. The molecule has 0 radical (unpaired) electrons. The van der Waals surface area contributed by atoms with E-state index in [1.54, 1.807) is 16.3 Å². The first-order valence-corrected chi connectivity index (χ1v) is 8.68. The summed E-state index contributed by atoms with van der Waals surface area (Å²) in [5.41, 5.74) is 3.43. The SMILES string of the molecule is O=c1nc(SCc2ccccc2)c2c(n1CCCO)CCC2. The van der Waals surface area contributed by atoms with Crippen molar-refractivity contribution in [3.8, 4) is 0 Å². The van der Waals surface area contributed by atoms with Gasteiger partial charge in [0.25, 0.3) is 0 Å². The molecule has 0 bridgehead atoms. The summed E-state index contributed by atoms with van der Waals surface area (Å²) in [6.07, 6.45) is 3.62. The van der Waals surface area contributed by atoms with Crippen LogP contribution in [0.3, 0.4) is 0 Å². The average molecular weight is 316 g/mol. The molecule has 1 N–H and O–H groups in total. The molecule has 0 spiro atoms. The van der Waals surface area contributed by atoms with Gasteiger partial charge in [-0.15, -0.1) is 11.8 Å². The second-order valence-electron chi connectivity index (χ2n) is 5.48. The van der Waals surface area contributed by atoms with Crippen molar-refractivity contribution in [2.45, 2.75) is 43.0 Å². The number of aliphatic hydroxyl groups excluding tert-OH is 1. The van der Waals surface area contributed by atoms with E-state index in [-0.39, 0.29) is 12.3 Å². The molecule has 1 aliphatic rings. The van der Waals surface area contributed by atoms with E-state index in [0.29, 0.717) is 13.0 Å². The fourth-order valence-corrected chi connectivity index (χ4v) is 3.92. The topological polar surface area (TPSA) is 55.1 Å². The Morgan fingerprint density at radius 3 is 2.82 bits per heavy atom. The molecule has 4 nitrogen and oxygen atoms in total. The van der Waals surface area contributed by atoms with Gasteiger partial charge in [-0.1, -0.05) is 30.3 Å². The van der Waals surface area contributed by atoms with Gasteiger partial charge in [0, 0.05) is 30.2 Å². The van der Waals surface area contributed by atoms with Crippen LogP contribution in [0.1, 0.15) is 29.7 Å². The summed E-state index contributed by atoms with van der Waals surface area (Å²) in [4.78, 5) is 16.6. The fourth-order valence-electron chi connectivity index (χ4n) is 2.89. The number of aliphatic hydroxyl groups is 1. The van der Waals surface area contributed by atoms with Crippen molar-refractivity contribution in [1.82, 2.24) is 9.55 Å². The molecule has 1 heterocycles. The molecule has 116 valence electrons. The highest BCUT2D eigenvalue weighted by Gasteiger charge is 2.21. The summed E-state index contributed by atoms with van der Waals surface area (Å²) in [5.74, 6) is 0.834. The highest BCUT2D eigenvalue weighted by atomic mass is 32.2. The minimum Gasteiger partial charge on any atom is -0.396 e. The van der Waals surface area contributed by atoms with Gasteiger partial charge in [-0.25, -0.2) is 4.79 Å². The second kappa shape index (κ2) is 7.11. The van der Waals surface area contributed by atoms with Crippen molar-refractivity contribution < 1.29 is 5.11 Å². The number of benzene rings is 1. The van der Waals surface area contributed by atoms with Gasteiger partial charge in [0.2, 0.25) is 0 Å². The van der Waals surface area contributed by atoms with Crippen molar-refractivity contribution in [1.29, 1.82) is 0 Å². The molecule has 3 rings (SSSR count). The molecular formula is C17H20N2O2S. The van der Waals surface area contributed by atoms with Crippen LogP contribution in [0.5, 0.6) is 0 Å². The Morgan fingerprint density at radius 2 is 2.05 bits per heavy atom. The molecule has 1 aromatic carbocycles. The van der Waals surface area contributed by atoms with Gasteiger partial charge in [-0.05, 0) is 31.2 Å². The normalized spacial score (nSPS) is 13.3. The van der Waals surface area contributed by atoms with Crippen molar-refractivity contribution >= 4 is 11.8 Å². The van der Waals surface area contributed by atoms with Crippen molar-refractivity contribution in [2.75, 3.05) is 6.61 Å². The predicted molar refractivity (Wildman–Crippen MR) is 88.2 cm³/mol. The van der Waals surface area contributed by atoms with Crippen LogP contribution < -0.4 is 5.69 Å². The van der Waals surface area contributed by atoms with E-state index in [1.807, 2.05) is 18.2 Å². The summed E-state index contributed by atoms with van der Waals surface area (Å²) in [5, 5.41) is 9.88. The van der Waals surface area contributed by atoms with Crippen LogP contribution in [0.15, 0.2) is 40.2 Å². The lowest BCUT2D eigenvalue weighted by atomic mass is 10.2. The number of hydrogen-bond acceptors (Lipinski definition) is 4. The second-order valence-corrected chi connectivity index (χ2v) is 6.45. The molecule has 2 aromatic rings. The van der Waals surface area contributed by atoms with Gasteiger partial charge >= 0.3 is 5.69 Å². The van der Waals surface area contributed by atoms with Crippen LogP contribution in [0.2, 0.25) is 0 Å². The third kappa shape index (κ3) is 3.25. The van der Waals surface area contributed by atoms with E-state index < -0.39 is 0 Å². The quantitative estimate of drug-likeness (QED) is 0.657. The molecule has 0 saturated heterocycles. The standard InChI is InChI=1S/C17H20N2O2S/c20-11-5-10-19-15-9-4-8-14(15)16(18-17(19)21)22-12-13-6-2-1-3-7-13/h1-3,6-7,20H,4-5,8-12H2. The minimum absolute atomic E-state index is 0.103. The van der Waals surface area contributed by atoms with Crippen LogP contribution in [-0.4, -0.2) is 21.3 Å². The van der Waals surface area contributed by atoms with E-state index in [1.165, 1.54) is 11.1 Å². The Kier molecular flexibility index (Phi) is 4.95. The number of thioether (sulfide) groups is 1. The molecule has 1 aromatic heterocycles. The lowest BCUT2D eigenvalue weighted by molar-refractivity contribution is 0.277. The monoisotopic (exact) mass is 316 g/mol. The predicted octanol–water partition coefficient (Wildman–Crippen LogP) is 2.41. The summed E-state index contributed by atoms with van der Waals surface area (Å²) < 4.78 is 1.76. The van der Waals surface area contributed by atoms with E-state index in [2.05, 4.69) is 17.1 Å². The lowest BCUT2D eigenvalue weighted by Gasteiger charge is -2.13. The minimum atomic E-state index is -0.176. The zero-order valence-corrected chi connectivity index (χ0v) is 13.3. The molecular weight excluding hydrogens is 296 g/mol. The van der Waals surface area contributed by atoms with Crippen molar-refractivity contribution in [2.24, 2.45) is 0 Å². The first-order valence-electron chi connectivity index (χ1n) is 7.70. The van der Waals surface area contributed by atoms with Crippen LogP contribution >= 0.6 is 11.8 Å². The van der Waals surface area contributed by atoms with Crippen molar-refractivity contribution in [3.05, 3.63) is 57.6 Å². The Labute approximate surface area is 134 Å². The van der Waals surface area contributed by atoms with Crippen LogP contribution in [0.25, 0.3) is 0 Å². The Bertz CT molecular complexity index is 698. The van der Waals surface area contributed by atoms with Gasteiger partial charge in [-0.3, -0.25) is 4.57 Å². The highest BCUT2D eigenvalue weighted by molar-refractivity contribution is 7.98. The molecule has 0 saturated carbocycles. The van der Waals surface area contributed by atoms with Crippen LogP contribution in [0, 0.1) is 0 Å². The first kappa shape index (κ1) is 15.3. The van der Waals surface area contributed by atoms with Gasteiger partial charge in [0.1, 0.15) is 5.03 Å². The van der Waals surface area contributed by atoms with E-state index >= 15 is 0 Å². The molecule has 5 heteroatoms. The molecule has 22 heavy (non-hydrogen) atoms. The third-order valence-corrected chi connectivity index (χ3v) is 5.05. The van der Waals surface area contributed by atoms with E-state index in [4.69, 9.17) is 5.11 Å². The Morgan fingerprint density at radius 1 is 1.23 bits per heavy atom.